The second kappa shape index (κ2) is 6.82. The fourth-order valence-electron chi connectivity index (χ4n) is 3.07. The summed E-state index contributed by atoms with van der Waals surface area (Å²) in [4.78, 5) is 26.7. The van der Waals surface area contributed by atoms with Gasteiger partial charge in [0, 0.05) is 17.6 Å². The molecule has 1 aliphatic carbocycles. The molecule has 2 aliphatic rings. The van der Waals surface area contributed by atoms with E-state index in [0.29, 0.717) is 6.42 Å². The number of halogens is 1. The van der Waals surface area contributed by atoms with Gasteiger partial charge in [-0.25, -0.2) is 0 Å². The van der Waals surface area contributed by atoms with Crippen LogP contribution in [0.15, 0.2) is 28.7 Å². The summed E-state index contributed by atoms with van der Waals surface area (Å²) in [5.74, 6) is -0.141. The number of amides is 2. The van der Waals surface area contributed by atoms with E-state index in [9.17, 15) is 9.59 Å². The highest BCUT2D eigenvalue weighted by Crippen LogP contribution is 2.41. The van der Waals surface area contributed by atoms with Crippen LogP contribution >= 0.6 is 15.9 Å². The molecule has 5 heteroatoms. The molecule has 2 amide bonds. The highest BCUT2D eigenvalue weighted by molar-refractivity contribution is 9.10. The molecule has 1 aromatic rings. The van der Waals surface area contributed by atoms with Gasteiger partial charge >= 0.3 is 0 Å². The van der Waals surface area contributed by atoms with Crippen molar-refractivity contribution in [3.63, 3.8) is 0 Å². The maximum Gasteiger partial charge on any atom is 0.228 e. The molecule has 1 heterocycles. The van der Waals surface area contributed by atoms with Crippen molar-refractivity contribution in [2.24, 2.45) is 11.8 Å². The second-order valence-corrected chi connectivity index (χ2v) is 7.01. The Bertz CT molecular complexity index is 568. The van der Waals surface area contributed by atoms with Crippen LogP contribution in [0.4, 0.5) is 5.69 Å². The van der Waals surface area contributed by atoms with Gasteiger partial charge < -0.3 is 10.2 Å². The lowest BCUT2D eigenvalue weighted by molar-refractivity contribution is -0.134. The van der Waals surface area contributed by atoms with E-state index in [0.717, 1.165) is 36.1 Å². The van der Waals surface area contributed by atoms with Crippen LogP contribution in [-0.2, 0) is 9.59 Å². The van der Waals surface area contributed by atoms with Gasteiger partial charge in [-0.1, -0.05) is 25.0 Å². The Morgan fingerprint density at radius 1 is 1.05 bits per heavy atom. The lowest BCUT2D eigenvalue weighted by Gasteiger charge is -2.20. The Labute approximate surface area is 139 Å². The molecule has 1 saturated heterocycles. The number of carbonyl (C=O) groups is 2. The molecule has 0 radical (unpaired) electrons. The van der Waals surface area contributed by atoms with E-state index >= 15 is 0 Å². The van der Waals surface area contributed by atoms with Crippen molar-refractivity contribution in [2.75, 3.05) is 18.4 Å². The van der Waals surface area contributed by atoms with Gasteiger partial charge in [0.1, 0.15) is 0 Å². The lowest BCUT2D eigenvalue weighted by Crippen LogP contribution is -2.34. The molecule has 3 rings (SSSR count). The third-order valence-corrected chi connectivity index (χ3v) is 5.19. The summed E-state index contributed by atoms with van der Waals surface area (Å²) in [6.45, 7) is 1.71. The summed E-state index contributed by atoms with van der Waals surface area (Å²) in [7, 11) is 0. The first-order valence-corrected chi connectivity index (χ1v) is 8.80. The number of nitrogens with one attached hydrogen (secondary N) is 1. The van der Waals surface area contributed by atoms with Crippen LogP contribution in [0.2, 0.25) is 0 Å². The number of likely N-dealkylation sites (tertiary alicyclic amines) is 1. The summed E-state index contributed by atoms with van der Waals surface area (Å²) >= 11 is 3.42. The Kier molecular flexibility index (Phi) is 4.81. The lowest BCUT2D eigenvalue weighted by atomic mass is 10.2. The average molecular weight is 365 g/mol. The molecule has 1 N–H and O–H groups in total. The van der Waals surface area contributed by atoms with E-state index in [4.69, 9.17) is 0 Å². The van der Waals surface area contributed by atoms with E-state index in [2.05, 4.69) is 21.2 Å². The zero-order valence-electron chi connectivity index (χ0n) is 12.6. The molecular formula is C17H21BrN2O2. The summed E-state index contributed by atoms with van der Waals surface area (Å²) in [6, 6.07) is 7.54. The molecule has 0 bridgehead atoms. The van der Waals surface area contributed by atoms with E-state index in [1.54, 1.807) is 0 Å². The molecule has 2 unspecified atom stereocenters. The van der Waals surface area contributed by atoms with Crippen LogP contribution in [-0.4, -0.2) is 29.8 Å². The van der Waals surface area contributed by atoms with Crippen LogP contribution in [0.25, 0.3) is 0 Å². The van der Waals surface area contributed by atoms with Crippen LogP contribution in [0.3, 0.4) is 0 Å². The maximum atomic E-state index is 12.5. The van der Waals surface area contributed by atoms with Crippen molar-refractivity contribution in [3.05, 3.63) is 28.7 Å². The first kappa shape index (κ1) is 15.5. The van der Waals surface area contributed by atoms with E-state index in [1.165, 1.54) is 12.8 Å². The van der Waals surface area contributed by atoms with Gasteiger partial charge in [0.05, 0.1) is 17.5 Å². The zero-order valence-corrected chi connectivity index (χ0v) is 14.1. The average Bonchev–Trinajstić information content (AvgIpc) is 3.33. The molecule has 118 valence electrons. The Balaban J connectivity index is 1.56. The molecule has 22 heavy (non-hydrogen) atoms. The van der Waals surface area contributed by atoms with Crippen LogP contribution in [0.5, 0.6) is 0 Å². The third-order valence-electron chi connectivity index (χ3n) is 4.49. The molecule has 1 saturated carbocycles. The van der Waals surface area contributed by atoms with Gasteiger partial charge in [-0.3, -0.25) is 9.59 Å². The number of nitrogens with zero attached hydrogens (tertiary/aromatic N) is 1. The van der Waals surface area contributed by atoms with Crippen molar-refractivity contribution < 1.29 is 9.59 Å². The summed E-state index contributed by atoms with van der Waals surface area (Å²) < 4.78 is 0.861. The zero-order chi connectivity index (χ0) is 15.5. The Hall–Kier alpha value is -1.36. The molecule has 2 fully saturated rings. The van der Waals surface area contributed by atoms with Crippen LogP contribution < -0.4 is 5.32 Å². The number of carbonyl (C=O) groups excluding carboxylic acids is 2. The number of hydrogen-bond donors (Lipinski definition) is 1. The molecule has 0 spiro atoms. The van der Waals surface area contributed by atoms with Gasteiger partial charge in [-0.2, -0.15) is 0 Å². The van der Waals surface area contributed by atoms with Crippen LogP contribution in [0.1, 0.15) is 32.1 Å². The minimum Gasteiger partial charge on any atom is -0.342 e. The van der Waals surface area contributed by atoms with Gasteiger partial charge in [0.15, 0.2) is 0 Å². The molecule has 1 aromatic carbocycles. The summed E-state index contributed by atoms with van der Waals surface area (Å²) in [5, 5.41) is 2.92. The number of benzene rings is 1. The number of hydrogen-bond acceptors (Lipinski definition) is 2. The fourth-order valence-corrected chi connectivity index (χ4v) is 3.46. The fraction of sp³-hybridized carbons (Fsp3) is 0.529. The minimum atomic E-state index is -0.164. The number of para-hydroxylation sites is 1. The molecule has 2 atom stereocenters. The standard InChI is InChI=1S/C17H21BrN2O2/c18-14-7-3-4-8-15(14)19-16(21)12-11-13(12)17(22)20-9-5-1-2-6-10-20/h3-4,7-8,12-13H,1-2,5-6,9-11H2,(H,19,21). The van der Waals surface area contributed by atoms with E-state index in [1.807, 2.05) is 29.2 Å². The predicted molar refractivity (Wildman–Crippen MR) is 89.4 cm³/mol. The van der Waals surface area contributed by atoms with Gasteiger partial charge in [-0.15, -0.1) is 0 Å². The van der Waals surface area contributed by atoms with E-state index < -0.39 is 0 Å². The van der Waals surface area contributed by atoms with Crippen molar-refractivity contribution in [3.8, 4) is 0 Å². The van der Waals surface area contributed by atoms with E-state index in [-0.39, 0.29) is 23.7 Å². The first-order valence-electron chi connectivity index (χ1n) is 8.01. The van der Waals surface area contributed by atoms with Crippen molar-refractivity contribution in [2.45, 2.75) is 32.1 Å². The first-order chi connectivity index (χ1) is 10.7. The smallest absolute Gasteiger partial charge is 0.228 e. The second-order valence-electron chi connectivity index (χ2n) is 6.16. The topological polar surface area (TPSA) is 49.4 Å². The van der Waals surface area contributed by atoms with Crippen LogP contribution in [0, 0.1) is 11.8 Å². The SMILES string of the molecule is O=C(Nc1ccccc1Br)C1CC1C(=O)N1CCCCCC1. The monoisotopic (exact) mass is 364 g/mol. The van der Waals surface area contributed by atoms with Crippen molar-refractivity contribution in [1.29, 1.82) is 0 Å². The number of rotatable bonds is 3. The van der Waals surface area contributed by atoms with Crippen molar-refractivity contribution >= 4 is 33.4 Å². The quantitative estimate of drug-likeness (QED) is 0.892. The maximum absolute atomic E-state index is 12.5. The molecular weight excluding hydrogens is 344 g/mol. The van der Waals surface area contributed by atoms with Gasteiger partial charge in [-0.05, 0) is 47.3 Å². The predicted octanol–water partition coefficient (Wildman–Crippen LogP) is 3.43. The highest BCUT2D eigenvalue weighted by Gasteiger charge is 2.49. The normalized spacial score (nSPS) is 24.5. The Morgan fingerprint density at radius 3 is 2.41 bits per heavy atom. The van der Waals surface area contributed by atoms with Gasteiger partial charge in [0.2, 0.25) is 11.8 Å². The summed E-state index contributed by atoms with van der Waals surface area (Å²) in [5.41, 5.74) is 0.764. The molecule has 4 nitrogen and oxygen atoms in total. The van der Waals surface area contributed by atoms with Crippen molar-refractivity contribution in [1.82, 2.24) is 4.90 Å². The molecule has 1 aliphatic heterocycles. The third kappa shape index (κ3) is 3.51. The summed E-state index contributed by atoms with van der Waals surface area (Å²) in [6.07, 6.45) is 5.28. The van der Waals surface area contributed by atoms with Gasteiger partial charge in [0.25, 0.3) is 0 Å². The largest absolute Gasteiger partial charge is 0.342 e. The minimum absolute atomic E-state index is 0.0416. The molecule has 0 aromatic heterocycles. The highest BCUT2D eigenvalue weighted by atomic mass is 79.9. The Morgan fingerprint density at radius 2 is 1.73 bits per heavy atom. The number of anilines is 1.